The van der Waals surface area contributed by atoms with E-state index in [0.29, 0.717) is 0 Å². The maximum atomic E-state index is 13.4. The molecule has 1 heterocycles. The second kappa shape index (κ2) is 4.96. The van der Waals surface area contributed by atoms with Crippen molar-refractivity contribution in [2.75, 3.05) is 5.75 Å². The minimum atomic E-state index is -0.986. The van der Waals surface area contributed by atoms with Crippen molar-refractivity contribution >= 4 is 17.7 Å². The predicted molar refractivity (Wildman–Crippen MR) is 58.1 cm³/mol. The van der Waals surface area contributed by atoms with Crippen LogP contribution in [0.25, 0.3) is 11.5 Å². The van der Waals surface area contributed by atoms with Gasteiger partial charge in [-0.25, -0.2) is 4.39 Å². The number of benzene rings is 1. The lowest BCUT2D eigenvalue weighted by molar-refractivity contribution is -0.133. The highest BCUT2D eigenvalue weighted by Gasteiger charge is 2.13. The maximum Gasteiger partial charge on any atom is 0.314 e. The molecule has 0 amide bonds. The average Bonchev–Trinajstić information content (AvgIpc) is 2.75. The van der Waals surface area contributed by atoms with Gasteiger partial charge in [0.1, 0.15) is 11.6 Å². The van der Waals surface area contributed by atoms with Crippen LogP contribution in [0, 0.1) is 5.82 Å². The van der Waals surface area contributed by atoms with Gasteiger partial charge in [-0.2, -0.15) is 0 Å². The Morgan fingerprint density at radius 2 is 2.18 bits per heavy atom. The Labute approximate surface area is 99.7 Å². The predicted octanol–water partition coefficient (Wildman–Crippen LogP) is 2.05. The number of carbonyl (C=O) groups is 1. The number of thioether (sulfide) groups is 1. The summed E-state index contributed by atoms with van der Waals surface area (Å²) >= 11 is 0.888. The van der Waals surface area contributed by atoms with E-state index in [4.69, 9.17) is 9.52 Å². The van der Waals surface area contributed by atoms with Crippen LogP contribution >= 0.6 is 11.8 Å². The summed E-state index contributed by atoms with van der Waals surface area (Å²) in [5.41, 5.74) is 0.196. The molecule has 0 fully saturated rings. The Hall–Kier alpha value is -1.89. The van der Waals surface area contributed by atoms with Gasteiger partial charge >= 0.3 is 5.97 Å². The summed E-state index contributed by atoms with van der Waals surface area (Å²) in [6, 6.07) is 5.99. The first kappa shape index (κ1) is 11.6. The molecule has 0 radical (unpaired) electrons. The zero-order chi connectivity index (χ0) is 12.3. The van der Waals surface area contributed by atoms with Crippen molar-refractivity contribution in [1.29, 1.82) is 0 Å². The van der Waals surface area contributed by atoms with E-state index in [9.17, 15) is 9.18 Å². The molecule has 0 bridgehead atoms. The number of hydrogen-bond donors (Lipinski definition) is 1. The Balaban J connectivity index is 2.18. The van der Waals surface area contributed by atoms with E-state index >= 15 is 0 Å². The van der Waals surface area contributed by atoms with Crippen LogP contribution in [0.1, 0.15) is 0 Å². The normalized spacial score (nSPS) is 10.4. The first-order valence-corrected chi connectivity index (χ1v) is 5.58. The summed E-state index contributed by atoms with van der Waals surface area (Å²) in [5.74, 6) is -1.60. The lowest BCUT2D eigenvalue weighted by Gasteiger charge is -1.95. The van der Waals surface area contributed by atoms with Crippen LogP contribution in [-0.4, -0.2) is 27.0 Å². The number of carboxylic acids is 1. The number of halogens is 1. The van der Waals surface area contributed by atoms with E-state index in [1.165, 1.54) is 12.1 Å². The van der Waals surface area contributed by atoms with Gasteiger partial charge in [-0.05, 0) is 12.1 Å². The third kappa shape index (κ3) is 2.82. The third-order valence-electron chi connectivity index (χ3n) is 1.83. The van der Waals surface area contributed by atoms with Crippen molar-refractivity contribution in [3.8, 4) is 11.5 Å². The van der Waals surface area contributed by atoms with E-state index in [2.05, 4.69) is 10.2 Å². The molecule has 1 aromatic heterocycles. The lowest BCUT2D eigenvalue weighted by atomic mass is 10.2. The van der Waals surface area contributed by atoms with E-state index in [0.717, 1.165) is 11.8 Å². The number of aliphatic carboxylic acids is 1. The van der Waals surface area contributed by atoms with Gasteiger partial charge in [0.15, 0.2) is 0 Å². The van der Waals surface area contributed by atoms with Crippen molar-refractivity contribution in [1.82, 2.24) is 10.2 Å². The van der Waals surface area contributed by atoms with Crippen molar-refractivity contribution in [2.45, 2.75) is 5.22 Å². The Morgan fingerprint density at radius 1 is 1.41 bits per heavy atom. The molecule has 0 aliphatic heterocycles. The van der Waals surface area contributed by atoms with Crippen LogP contribution in [-0.2, 0) is 4.79 Å². The molecule has 0 aliphatic rings. The van der Waals surface area contributed by atoms with Crippen molar-refractivity contribution in [3.63, 3.8) is 0 Å². The van der Waals surface area contributed by atoms with Gasteiger partial charge in [0.2, 0.25) is 0 Å². The maximum absolute atomic E-state index is 13.4. The third-order valence-corrected chi connectivity index (χ3v) is 2.63. The Morgan fingerprint density at radius 3 is 2.88 bits per heavy atom. The molecule has 7 heteroatoms. The Bertz CT molecular complexity index is 544. The molecular weight excluding hydrogens is 247 g/mol. The van der Waals surface area contributed by atoms with Crippen molar-refractivity contribution in [2.24, 2.45) is 0 Å². The van der Waals surface area contributed by atoms with Gasteiger partial charge in [0, 0.05) is 0 Å². The molecule has 17 heavy (non-hydrogen) atoms. The van der Waals surface area contributed by atoms with Crippen molar-refractivity contribution < 1.29 is 18.7 Å². The van der Waals surface area contributed by atoms with E-state index in [-0.39, 0.29) is 22.4 Å². The lowest BCUT2D eigenvalue weighted by Crippen LogP contribution is -1.97. The van der Waals surface area contributed by atoms with Crippen molar-refractivity contribution in [3.05, 3.63) is 30.1 Å². The number of carboxylic acid groups (broad SMARTS) is 1. The largest absolute Gasteiger partial charge is 0.481 e. The molecule has 0 saturated carbocycles. The molecule has 5 nitrogen and oxygen atoms in total. The summed E-state index contributed by atoms with van der Waals surface area (Å²) in [6.07, 6.45) is 0. The fourth-order valence-electron chi connectivity index (χ4n) is 1.14. The highest BCUT2D eigenvalue weighted by Crippen LogP contribution is 2.24. The van der Waals surface area contributed by atoms with Gasteiger partial charge in [0.25, 0.3) is 11.1 Å². The van der Waals surface area contributed by atoms with Crippen LogP contribution < -0.4 is 0 Å². The molecule has 88 valence electrons. The number of hydrogen-bond acceptors (Lipinski definition) is 5. The van der Waals surface area contributed by atoms with Gasteiger partial charge in [-0.15, -0.1) is 10.2 Å². The minimum Gasteiger partial charge on any atom is -0.481 e. The average molecular weight is 254 g/mol. The fraction of sp³-hybridized carbons (Fsp3) is 0.100. The molecule has 0 saturated heterocycles. The molecule has 2 rings (SSSR count). The van der Waals surface area contributed by atoms with Crippen LogP contribution in [0.4, 0.5) is 4.39 Å². The first-order chi connectivity index (χ1) is 8.16. The fourth-order valence-corrected chi connectivity index (χ4v) is 1.62. The molecule has 0 unspecified atom stereocenters. The quantitative estimate of drug-likeness (QED) is 0.841. The standard InChI is InChI=1S/C10H7FN2O3S/c11-7-4-2-1-3-6(7)9-12-13-10(16-9)17-5-8(14)15/h1-4H,5H2,(H,14,15). The van der Waals surface area contributed by atoms with Crippen LogP contribution in [0.3, 0.4) is 0 Å². The summed E-state index contributed by atoms with van der Waals surface area (Å²) in [5, 5.41) is 15.9. The topological polar surface area (TPSA) is 76.2 Å². The number of rotatable bonds is 4. The van der Waals surface area contributed by atoms with Gasteiger partial charge in [0.05, 0.1) is 5.56 Å². The molecule has 0 spiro atoms. The molecule has 2 aromatic rings. The number of aromatic nitrogens is 2. The molecule has 0 aliphatic carbocycles. The molecule has 1 N–H and O–H groups in total. The second-order valence-corrected chi connectivity index (χ2v) is 3.96. The SMILES string of the molecule is O=C(O)CSc1nnc(-c2ccccc2F)o1. The van der Waals surface area contributed by atoms with Gasteiger partial charge < -0.3 is 9.52 Å². The number of nitrogens with zero attached hydrogens (tertiary/aromatic N) is 2. The zero-order valence-electron chi connectivity index (χ0n) is 8.46. The monoisotopic (exact) mass is 254 g/mol. The summed E-state index contributed by atoms with van der Waals surface area (Å²) in [4.78, 5) is 10.3. The van der Waals surface area contributed by atoms with Crippen LogP contribution in [0.2, 0.25) is 0 Å². The van der Waals surface area contributed by atoms with Gasteiger partial charge in [-0.3, -0.25) is 4.79 Å². The van der Waals surface area contributed by atoms with E-state index < -0.39 is 11.8 Å². The van der Waals surface area contributed by atoms with Crippen LogP contribution in [0.5, 0.6) is 0 Å². The van der Waals surface area contributed by atoms with Crippen LogP contribution in [0.15, 0.2) is 33.9 Å². The molecular formula is C10H7FN2O3S. The highest BCUT2D eigenvalue weighted by molar-refractivity contribution is 7.99. The second-order valence-electron chi connectivity index (χ2n) is 3.04. The van der Waals surface area contributed by atoms with Gasteiger partial charge in [-0.1, -0.05) is 23.9 Å². The first-order valence-electron chi connectivity index (χ1n) is 4.60. The molecule has 1 aromatic carbocycles. The zero-order valence-corrected chi connectivity index (χ0v) is 9.28. The highest BCUT2D eigenvalue weighted by atomic mass is 32.2. The molecule has 0 atom stereocenters. The summed E-state index contributed by atoms with van der Waals surface area (Å²) < 4.78 is 18.5. The van der Waals surface area contributed by atoms with E-state index in [1.807, 2.05) is 0 Å². The Kier molecular flexibility index (Phi) is 3.38. The summed E-state index contributed by atoms with van der Waals surface area (Å²) in [7, 11) is 0. The smallest absolute Gasteiger partial charge is 0.314 e. The summed E-state index contributed by atoms with van der Waals surface area (Å²) in [6.45, 7) is 0. The minimum absolute atomic E-state index is 0.0380. The van der Waals surface area contributed by atoms with E-state index in [1.54, 1.807) is 12.1 Å².